The molecule has 0 unspecified atom stereocenters. The summed E-state index contributed by atoms with van der Waals surface area (Å²) in [5, 5.41) is 11.8. The van der Waals surface area contributed by atoms with Crippen molar-refractivity contribution in [3.63, 3.8) is 0 Å². The fraction of sp³-hybridized carbons (Fsp3) is 0.440. The molecule has 10 heteroatoms. The molecular weight excluding hydrogens is 466 g/mol. The van der Waals surface area contributed by atoms with Gasteiger partial charge in [-0.05, 0) is 42.8 Å². The first-order valence-electron chi connectivity index (χ1n) is 11.8. The van der Waals surface area contributed by atoms with Crippen LogP contribution in [0.4, 0.5) is 5.69 Å². The lowest BCUT2D eigenvalue weighted by atomic mass is 10.1. The van der Waals surface area contributed by atoms with Crippen molar-refractivity contribution in [1.29, 1.82) is 5.26 Å². The summed E-state index contributed by atoms with van der Waals surface area (Å²) in [7, 11) is -3.63. The summed E-state index contributed by atoms with van der Waals surface area (Å²) < 4.78 is 32.5. The Morgan fingerprint density at radius 2 is 1.74 bits per heavy atom. The minimum Gasteiger partial charge on any atom is -0.379 e. The van der Waals surface area contributed by atoms with Crippen molar-refractivity contribution in [2.24, 2.45) is 0 Å². The van der Waals surface area contributed by atoms with Gasteiger partial charge in [0, 0.05) is 51.5 Å². The van der Waals surface area contributed by atoms with E-state index in [1.54, 1.807) is 18.2 Å². The molecule has 1 amide bonds. The Morgan fingerprint density at radius 3 is 2.40 bits per heavy atom. The highest BCUT2D eigenvalue weighted by Gasteiger charge is 2.28. The van der Waals surface area contributed by atoms with E-state index in [2.05, 4.69) is 21.2 Å². The summed E-state index contributed by atoms with van der Waals surface area (Å²) in [6.07, 6.45) is 0. The monoisotopic (exact) mass is 497 g/mol. The smallest absolute Gasteiger partial charge is 0.243 e. The summed E-state index contributed by atoms with van der Waals surface area (Å²) in [6, 6.07) is 15.8. The Balaban J connectivity index is 1.31. The van der Waals surface area contributed by atoms with Crippen molar-refractivity contribution in [3.05, 3.63) is 59.7 Å². The Morgan fingerprint density at radius 1 is 1.06 bits per heavy atom. The van der Waals surface area contributed by atoms with Crippen LogP contribution in [0.1, 0.15) is 18.1 Å². The van der Waals surface area contributed by atoms with Crippen molar-refractivity contribution < 1.29 is 17.9 Å². The molecule has 2 aromatic rings. The van der Waals surface area contributed by atoms with Crippen LogP contribution in [-0.2, 0) is 26.1 Å². The third-order valence-electron chi connectivity index (χ3n) is 6.53. The number of amides is 1. The molecule has 0 aliphatic carbocycles. The molecule has 2 aromatic carbocycles. The van der Waals surface area contributed by atoms with Crippen LogP contribution in [0.25, 0.3) is 0 Å². The van der Waals surface area contributed by atoms with Crippen LogP contribution >= 0.6 is 0 Å². The van der Waals surface area contributed by atoms with Crippen molar-refractivity contribution in [1.82, 2.24) is 14.1 Å². The number of rotatable bonds is 7. The van der Waals surface area contributed by atoms with E-state index in [4.69, 9.17) is 10.00 Å². The van der Waals surface area contributed by atoms with Crippen LogP contribution < -0.4 is 5.32 Å². The highest BCUT2D eigenvalue weighted by molar-refractivity contribution is 7.89. The van der Waals surface area contributed by atoms with E-state index in [-0.39, 0.29) is 16.8 Å². The molecular formula is C25H31N5O4S. The molecule has 0 bridgehead atoms. The number of nitrogens with zero attached hydrogens (tertiary/aromatic N) is 4. The summed E-state index contributed by atoms with van der Waals surface area (Å²) in [6.45, 7) is 7.30. The summed E-state index contributed by atoms with van der Waals surface area (Å²) in [5.74, 6) is -0.161. The number of nitriles is 1. The summed E-state index contributed by atoms with van der Waals surface area (Å²) in [4.78, 5) is 17.6. The molecule has 2 fully saturated rings. The first-order chi connectivity index (χ1) is 16.9. The minimum atomic E-state index is -3.63. The second-order valence-electron chi connectivity index (χ2n) is 8.83. The molecule has 2 saturated heterocycles. The fourth-order valence-corrected chi connectivity index (χ4v) is 5.79. The van der Waals surface area contributed by atoms with Crippen LogP contribution in [0.5, 0.6) is 0 Å². The van der Waals surface area contributed by atoms with E-state index in [1.165, 1.54) is 10.4 Å². The number of piperazine rings is 1. The van der Waals surface area contributed by atoms with Crippen LogP contribution in [0, 0.1) is 11.3 Å². The molecule has 0 aromatic heterocycles. The SMILES string of the molecule is C[C@H](C(=O)Nc1cccc(S(=O)(=O)N2CCOCC2)c1)N1CCN(Cc2ccc(C#N)cc2)CC1. The number of benzene rings is 2. The number of sulfonamides is 1. The molecule has 2 aliphatic rings. The number of hydrogen-bond donors (Lipinski definition) is 1. The number of ether oxygens (including phenoxy) is 1. The highest BCUT2D eigenvalue weighted by atomic mass is 32.2. The molecule has 186 valence electrons. The van der Waals surface area contributed by atoms with Gasteiger partial charge >= 0.3 is 0 Å². The predicted molar refractivity (Wildman–Crippen MR) is 132 cm³/mol. The highest BCUT2D eigenvalue weighted by Crippen LogP contribution is 2.21. The number of carbonyl (C=O) groups excluding carboxylic acids is 1. The molecule has 4 rings (SSSR count). The first kappa shape index (κ1) is 25.3. The Hall–Kier alpha value is -2.81. The molecule has 2 heterocycles. The first-order valence-corrected chi connectivity index (χ1v) is 13.2. The zero-order valence-corrected chi connectivity index (χ0v) is 20.7. The van der Waals surface area contributed by atoms with Gasteiger partial charge < -0.3 is 10.1 Å². The number of anilines is 1. The number of morpholine rings is 1. The Bertz CT molecular complexity index is 1170. The third-order valence-corrected chi connectivity index (χ3v) is 8.43. The predicted octanol–water partition coefficient (Wildman–Crippen LogP) is 1.72. The number of carbonyl (C=O) groups is 1. The molecule has 0 saturated carbocycles. The van der Waals surface area contributed by atoms with Crippen molar-refractivity contribution >= 4 is 21.6 Å². The molecule has 0 radical (unpaired) electrons. The molecule has 1 atom stereocenters. The maximum Gasteiger partial charge on any atom is 0.243 e. The zero-order chi connectivity index (χ0) is 24.8. The quantitative estimate of drug-likeness (QED) is 0.621. The van der Waals surface area contributed by atoms with E-state index >= 15 is 0 Å². The van der Waals surface area contributed by atoms with Crippen LogP contribution in [0.15, 0.2) is 53.4 Å². The maximum atomic E-state index is 12.9. The maximum absolute atomic E-state index is 12.9. The van der Waals surface area contributed by atoms with E-state index in [0.717, 1.165) is 38.3 Å². The number of hydrogen-bond acceptors (Lipinski definition) is 7. The van der Waals surface area contributed by atoms with Gasteiger partial charge in [0.25, 0.3) is 0 Å². The standard InChI is InChI=1S/C25H31N5O4S/c1-20(29-11-9-28(10-12-29)19-22-7-5-21(18-26)6-8-22)25(31)27-23-3-2-4-24(17-23)35(32,33)30-13-15-34-16-14-30/h2-8,17,20H,9-16,19H2,1H3,(H,27,31)/t20-/m1/s1. The molecule has 2 aliphatic heterocycles. The average Bonchev–Trinajstić information content (AvgIpc) is 2.90. The van der Waals surface area contributed by atoms with Gasteiger partial charge in [-0.3, -0.25) is 14.6 Å². The van der Waals surface area contributed by atoms with E-state index in [0.29, 0.717) is 37.6 Å². The fourth-order valence-electron chi connectivity index (χ4n) is 4.33. The van der Waals surface area contributed by atoms with E-state index < -0.39 is 10.0 Å². The second-order valence-corrected chi connectivity index (χ2v) is 10.8. The van der Waals surface area contributed by atoms with Gasteiger partial charge in [-0.15, -0.1) is 0 Å². The minimum absolute atomic E-state index is 0.161. The van der Waals surface area contributed by atoms with E-state index in [1.807, 2.05) is 31.2 Å². The van der Waals surface area contributed by atoms with E-state index in [9.17, 15) is 13.2 Å². The molecule has 35 heavy (non-hydrogen) atoms. The van der Waals surface area contributed by atoms with Gasteiger partial charge in [-0.25, -0.2) is 8.42 Å². The topological polar surface area (TPSA) is 106 Å². The second kappa shape index (κ2) is 11.3. The molecule has 9 nitrogen and oxygen atoms in total. The Kier molecular flexibility index (Phi) is 8.15. The van der Waals surface area contributed by atoms with Crippen molar-refractivity contribution in [2.45, 2.75) is 24.4 Å². The van der Waals surface area contributed by atoms with Gasteiger partial charge in [0.05, 0.1) is 35.8 Å². The van der Waals surface area contributed by atoms with Crippen LogP contribution in [-0.4, -0.2) is 87.0 Å². The van der Waals surface area contributed by atoms with Gasteiger partial charge in [0.1, 0.15) is 0 Å². The van der Waals surface area contributed by atoms with Gasteiger partial charge in [0.15, 0.2) is 0 Å². The lowest BCUT2D eigenvalue weighted by molar-refractivity contribution is -0.121. The Labute approximate surface area is 206 Å². The molecule has 1 N–H and O–H groups in total. The number of nitrogens with one attached hydrogen (secondary N) is 1. The van der Waals surface area contributed by atoms with Crippen molar-refractivity contribution in [2.75, 3.05) is 57.8 Å². The van der Waals surface area contributed by atoms with Gasteiger partial charge in [-0.2, -0.15) is 9.57 Å². The van der Waals surface area contributed by atoms with Crippen LogP contribution in [0.3, 0.4) is 0 Å². The summed E-state index contributed by atoms with van der Waals surface area (Å²) in [5.41, 5.74) is 2.29. The lowest BCUT2D eigenvalue weighted by Crippen LogP contribution is -2.52. The molecule has 0 spiro atoms. The van der Waals surface area contributed by atoms with Crippen molar-refractivity contribution in [3.8, 4) is 6.07 Å². The largest absolute Gasteiger partial charge is 0.379 e. The van der Waals surface area contributed by atoms with Gasteiger partial charge in [-0.1, -0.05) is 18.2 Å². The average molecular weight is 498 g/mol. The third kappa shape index (κ3) is 6.25. The summed E-state index contributed by atoms with van der Waals surface area (Å²) >= 11 is 0. The zero-order valence-electron chi connectivity index (χ0n) is 19.9. The lowest BCUT2D eigenvalue weighted by Gasteiger charge is -2.37. The normalized spacial score (nSPS) is 19.1. The van der Waals surface area contributed by atoms with Crippen LogP contribution in [0.2, 0.25) is 0 Å². The van der Waals surface area contributed by atoms with Gasteiger partial charge in [0.2, 0.25) is 15.9 Å².